The molecule has 0 bridgehead atoms. The minimum atomic E-state index is -0.444. The molecule has 0 saturated heterocycles. The molecule has 2 rings (SSSR count). The van der Waals surface area contributed by atoms with Crippen molar-refractivity contribution in [3.63, 3.8) is 0 Å². The number of nitro groups is 1. The minimum absolute atomic E-state index is 0.00477. The van der Waals surface area contributed by atoms with E-state index in [0.717, 1.165) is 0 Å². The van der Waals surface area contributed by atoms with E-state index in [0.29, 0.717) is 25.0 Å². The van der Waals surface area contributed by atoms with Crippen LogP contribution in [0.1, 0.15) is 0 Å². The zero-order valence-corrected chi connectivity index (χ0v) is 13.7. The Morgan fingerprint density at radius 2 is 1.85 bits per heavy atom. The molecule has 0 radical (unpaired) electrons. The van der Waals surface area contributed by atoms with Crippen molar-refractivity contribution in [1.29, 1.82) is 0 Å². The van der Waals surface area contributed by atoms with Crippen LogP contribution in [0.15, 0.2) is 44.6 Å². The third-order valence-corrected chi connectivity index (χ3v) is 4.88. The molecule has 2 aromatic rings. The Kier molecular flexibility index (Phi) is 4.80. The highest BCUT2D eigenvalue weighted by atomic mass is 79.9. The fraction of sp³-hybridized carbons (Fsp3) is 0. The molecule has 20 heavy (non-hydrogen) atoms. The lowest BCUT2D eigenvalue weighted by molar-refractivity contribution is -0.387. The SMILES string of the molecule is Nc1c(Sc2ccc(Br)cc2[N+](=O)[O-])ccc(Cl)c1Cl. The highest BCUT2D eigenvalue weighted by Gasteiger charge is 2.17. The van der Waals surface area contributed by atoms with Gasteiger partial charge in [0.2, 0.25) is 0 Å². The van der Waals surface area contributed by atoms with Crippen molar-refractivity contribution in [3.05, 3.63) is 55.0 Å². The smallest absolute Gasteiger partial charge is 0.284 e. The number of rotatable bonds is 3. The lowest BCUT2D eigenvalue weighted by Gasteiger charge is -2.08. The normalized spacial score (nSPS) is 10.6. The maximum Gasteiger partial charge on any atom is 0.284 e. The molecule has 0 aliphatic rings. The molecule has 2 aromatic carbocycles. The second kappa shape index (κ2) is 6.22. The van der Waals surface area contributed by atoms with Crippen LogP contribution >= 0.6 is 50.9 Å². The Bertz CT molecular complexity index is 697. The highest BCUT2D eigenvalue weighted by molar-refractivity contribution is 9.10. The summed E-state index contributed by atoms with van der Waals surface area (Å²) in [6.07, 6.45) is 0. The van der Waals surface area contributed by atoms with E-state index < -0.39 is 4.92 Å². The second-order valence-electron chi connectivity index (χ2n) is 3.74. The Balaban J connectivity index is 2.45. The van der Waals surface area contributed by atoms with Crippen LogP contribution in [0.3, 0.4) is 0 Å². The zero-order valence-electron chi connectivity index (χ0n) is 9.77. The van der Waals surface area contributed by atoms with Crippen molar-refractivity contribution in [3.8, 4) is 0 Å². The molecule has 0 aliphatic heterocycles. The molecule has 0 fully saturated rings. The van der Waals surface area contributed by atoms with Gasteiger partial charge < -0.3 is 5.73 Å². The molecule has 8 heteroatoms. The summed E-state index contributed by atoms with van der Waals surface area (Å²) in [6, 6.07) is 8.10. The minimum Gasteiger partial charge on any atom is -0.397 e. The third kappa shape index (κ3) is 3.20. The van der Waals surface area contributed by atoms with Crippen molar-refractivity contribution in [2.24, 2.45) is 0 Å². The van der Waals surface area contributed by atoms with Gasteiger partial charge in [0, 0.05) is 15.4 Å². The van der Waals surface area contributed by atoms with Gasteiger partial charge in [0.25, 0.3) is 5.69 Å². The van der Waals surface area contributed by atoms with E-state index in [4.69, 9.17) is 28.9 Å². The number of nitrogens with two attached hydrogens (primary N) is 1. The summed E-state index contributed by atoms with van der Waals surface area (Å²) in [7, 11) is 0. The zero-order chi connectivity index (χ0) is 14.9. The molecule has 0 aromatic heterocycles. The number of benzene rings is 2. The standard InChI is InChI=1S/C12H7BrCl2N2O2S/c13-6-1-3-9(8(5-6)17(18)19)20-10-4-2-7(14)11(15)12(10)16/h1-5H,16H2. The molecular weight excluding hydrogens is 387 g/mol. The van der Waals surface area contributed by atoms with Gasteiger partial charge >= 0.3 is 0 Å². The molecule has 0 atom stereocenters. The largest absolute Gasteiger partial charge is 0.397 e. The van der Waals surface area contributed by atoms with E-state index in [9.17, 15) is 10.1 Å². The van der Waals surface area contributed by atoms with Gasteiger partial charge in [-0.1, -0.05) is 50.9 Å². The van der Waals surface area contributed by atoms with Crippen LogP contribution in [0.5, 0.6) is 0 Å². The van der Waals surface area contributed by atoms with Crippen LogP contribution in [0, 0.1) is 10.1 Å². The molecule has 0 amide bonds. The van der Waals surface area contributed by atoms with Gasteiger partial charge in [0.1, 0.15) is 0 Å². The van der Waals surface area contributed by atoms with Crippen molar-refractivity contribution >= 4 is 62.3 Å². The maximum absolute atomic E-state index is 11.1. The number of nitrogen functional groups attached to an aromatic ring is 1. The van der Waals surface area contributed by atoms with Crippen LogP contribution in [0.25, 0.3) is 0 Å². The van der Waals surface area contributed by atoms with E-state index in [1.165, 1.54) is 17.8 Å². The second-order valence-corrected chi connectivity index (χ2v) is 6.53. The molecule has 0 saturated carbocycles. The molecular formula is C12H7BrCl2N2O2S. The molecule has 0 heterocycles. The van der Waals surface area contributed by atoms with Gasteiger partial charge in [0.15, 0.2) is 0 Å². The summed E-state index contributed by atoms with van der Waals surface area (Å²) in [5.74, 6) is 0. The highest BCUT2D eigenvalue weighted by Crippen LogP contribution is 2.42. The fourth-order valence-corrected chi connectivity index (χ4v) is 3.17. The van der Waals surface area contributed by atoms with Crippen molar-refractivity contribution < 1.29 is 4.92 Å². The molecule has 4 nitrogen and oxygen atoms in total. The van der Waals surface area contributed by atoms with E-state index in [1.54, 1.807) is 24.3 Å². The van der Waals surface area contributed by atoms with E-state index in [-0.39, 0.29) is 10.7 Å². The lowest BCUT2D eigenvalue weighted by atomic mass is 10.3. The van der Waals surface area contributed by atoms with E-state index in [2.05, 4.69) is 15.9 Å². The van der Waals surface area contributed by atoms with Crippen LogP contribution in [-0.2, 0) is 0 Å². The topological polar surface area (TPSA) is 69.2 Å². The number of hydrogen-bond donors (Lipinski definition) is 1. The number of nitrogens with zero attached hydrogens (tertiary/aromatic N) is 1. The summed E-state index contributed by atoms with van der Waals surface area (Å²) < 4.78 is 0.635. The Hall–Kier alpha value is -0.950. The number of hydrogen-bond acceptors (Lipinski definition) is 4. The predicted octanol–water partition coefficient (Wildman–Crippen LogP) is 5.40. The first kappa shape index (κ1) is 15.4. The van der Waals surface area contributed by atoms with Gasteiger partial charge in [-0.15, -0.1) is 0 Å². The van der Waals surface area contributed by atoms with Crippen molar-refractivity contribution in [2.75, 3.05) is 5.73 Å². The summed E-state index contributed by atoms with van der Waals surface area (Å²) in [4.78, 5) is 11.7. The summed E-state index contributed by atoms with van der Waals surface area (Å²) >= 11 is 16.2. The van der Waals surface area contributed by atoms with Crippen LogP contribution in [0.2, 0.25) is 10.0 Å². The summed E-state index contributed by atoms with van der Waals surface area (Å²) in [5.41, 5.74) is 6.17. The Morgan fingerprint density at radius 1 is 1.20 bits per heavy atom. The van der Waals surface area contributed by atoms with Gasteiger partial charge in [-0.2, -0.15) is 0 Å². The average molecular weight is 394 g/mol. The van der Waals surface area contributed by atoms with Gasteiger partial charge in [0.05, 0.1) is 25.6 Å². The fourth-order valence-electron chi connectivity index (χ4n) is 1.48. The molecule has 0 spiro atoms. The van der Waals surface area contributed by atoms with Crippen LogP contribution < -0.4 is 5.73 Å². The maximum atomic E-state index is 11.1. The number of anilines is 1. The lowest BCUT2D eigenvalue weighted by Crippen LogP contribution is -1.93. The van der Waals surface area contributed by atoms with Crippen LogP contribution in [-0.4, -0.2) is 4.92 Å². The first-order valence-corrected chi connectivity index (χ1v) is 7.62. The van der Waals surface area contributed by atoms with Crippen molar-refractivity contribution in [2.45, 2.75) is 9.79 Å². The average Bonchev–Trinajstić information content (AvgIpc) is 2.41. The first-order valence-electron chi connectivity index (χ1n) is 5.25. The van der Waals surface area contributed by atoms with Gasteiger partial charge in [-0.3, -0.25) is 10.1 Å². The van der Waals surface area contributed by atoms with E-state index >= 15 is 0 Å². The number of nitro benzene ring substituents is 1. The molecule has 0 unspecified atom stereocenters. The molecule has 0 aliphatic carbocycles. The molecule has 104 valence electrons. The molecule has 2 N–H and O–H groups in total. The van der Waals surface area contributed by atoms with Crippen LogP contribution in [0.4, 0.5) is 11.4 Å². The predicted molar refractivity (Wildman–Crippen MR) is 85.8 cm³/mol. The summed E-state index contributed by atoms with van der Waals surface area (Å²) in [6.45, 7) is 0. The van der Waals surface area contributed by atoms with Crippen molar-refractivity contribution in [1.82, 2.24) is 0 Å². The third-order valence-electron chi connectivity index (χ3n) is 2.43. The van der Waals surface area contributed by atoms with E-state index in [1.807, 2.05) is 0 Å². The quantitative estimate of drug-likeness (QED) is 0.430. The number of halogens is 3. The van der Waals surface area contributed by atoms with Gasteiger partial charge in [-0.25, -0.2) is 0 Å². The summed E-state index contributed by atoms with van der Waals surface area (Å²) in [5, 5.41) is 11.7. The monoisotopic (exact) mass is 392 g/mol. The first-order chi connectivity index (χ1) is 9.40. The Morgan fingerprint density at radius 3 is 2.50 bits per heavy atom. The Labute approximate surface area is 137 Å². The van der Waals surface area contributed by atoms with Gasteiger partial charge in [-0.05, 0) is 24.3 Å².